The summed E-state index contributed by atoms with van der Waals surface area (Å²) in [7, 11) is 1.41. The molecule has 1 fully saturated rings. The van der Waals surface area contributed by atoms with Gasteiger partial charge in [-0.15, -0.1) is 0 Å². The molecule has 0 radical (unpaired) electrons. The smallest absolute Gasteiger partial charge is 0.350 e. The average molecular weight is 297 g/mol. The average Bonchev–Trinajstić information content (AvgIpc) is 2.80. The summed E-state index contributed by atoms with van der Waals surface area (Å²) in [4.78, 5) is 21.5. The number of hydrogen-bond donors (Lipinski definition) is 0. The molecule has 0 amide bonds. The number of carbonyl (C=O) groups is 1. The zero-order valence-corrected chi connectivity index (χ0v) is 13.5. The van der Waals surface area contributed by atoms with Crippen LogP contribution < -0.4 is 4.90 Å². The number of aryl methyl sites for hydroxylation is 1. The molecule has 2 heterocycles. The van der Waals surface area contributed by atoms with E-state index in [4.69, 9.17) is 4.74 Å². The van der Waals surface area contributed by atoms with Gasteiger partial charge in [0.2, 0.25) is 0 Å². The number of thiazole rings is 1. The van der Waals surface area contributed by atoms with Crippen LogP contribution in [0.2, 0.25) is 0 Å². The fourth-order valence-electron chi connectivity index (χ4n) is 2.44. The Morgan fingerprint density at radius 1 is 1.35 bits per heavy atom. The van der Waals surface area contributed by atoms with Crippen LogP contribution in [-0.4, -0.2) is 55.7 Å². The predicted molar refractivity (Wildman–Crippen MR) is 81.7 cm³/mol. The Morgan fingerprint density at radius 3 is 2.55 bits per heavy atom. The van der Waals surface area contributed by atoms with Gasteiger partial charge in [-0.1, -0.05) is 25.2 Å². The molecule has 1 aliphatic heterocycles. The van der Waals surface area contributed by atoms with E-state index in [-0.39, 0.29) is 5.97 Å². The number of nitrogens with zero attached hydrogens (tertiary/aromatic N) is 3. The Hall–Kier alpha value is -1.14. The molecule has 0 aromatic carbocycles. The monoisotopic (exact) mass is 297 g/mol. The van der Waals surface area contributed by atoms with Gasteiger partial charge in [-0.3, -0.25) is 4.90 Å². The van der Waals surface area contributed by atoms with Gasteiger partial charge < -0.3 is 9.64 Å². The molecule has 0 saturated carbocycles. The Bertz CT molecular complexity index is 465. The van der Waals surface area contributed by atoms with Gasteiger partial charge >= 0.3 is 5.97 Å². The third-order valence-corrected chi connectivity index (χ3v) is 4.62. The summed E-state index contributed by atoms with van der Waals surface area (Å²) in [5, 5.41) is 0.937. The lowest BCUT2D eigenvalue weighted by Gasteiger charge is -2.35. The third kappa shape index (κ3) is 3.49. The van der Waals surface area contributed by atoms with Crippen molar-refractivity contribution in [2.24, 2.45) is 5.92 Å². The van der Waals surface area contributed by atoms with Crippen molar-refractivity contribution in [3.63, 3.8) is 0 Å². The molecule has 5 nitrogen and oxygen atoms in total. The molecular weight excluding hydrogens is 274 g/mol. The second-order valence-corrected chi connectivity index (χ2v) is 6.56. The van der Waals surface area contributed by atoms with Gasteiger partial charge in [-0.2, -0.15) is 0 Å². The number of ether oxygens (including phenoxy) is 1. The van der Waals surface area contributed by atoms with Crippen molar-refractivity contribution in [1.82, 2.24) is 9.88 Å². The zero-order valence-electron chi connectivity index (χ0n) is 12.7. The Kier molecular flexibility index (Phi) is 4.99. The van der Waals surface area contributed by atoms with E-state index in [0.29, 0.717) is 10.8 Å². The number of methoxy groups -OCH3 is 1. The van der Waals surface area contributed by atoms with Crippen LogP contribution in [0.1, 0.15) is 29.2 Å². The van der Waals surface area contributed by atoms with Gasteiger partial charge in [-0.05, 0) is 12.8 Å². The van der Waals surface area contributed by atoms with Crippen molar-refractivity contribution in [2.45, 2.75) is 20.8 Å². The summed E-state index contributed by atoms with van der Waals surface area (Å²) in [5.41, 5.74) is 0.765. The van der Waals surface area contributed by atoms with E-state index in [1.54, 1.807) is 0 Å². The predicted octanol–water partition coefficient (Wildman–Crippen LogP) is 2.02. The number of aromatic nitrogens is 1. The first kappa shape index (κ1) is 15.3. The molecule has 1 saturated heterocycles. The van der Waals surface area contributed by atoms with E-state index >= 15 is 0 Å². The second kappa shape index (κ2) is 6.54. The molecule has 0 aliphatic carbocycles. The first-order valence-electron chi connectivity index (χ1n) is 7.04. The van der Waals surface area contributed by atoms with Crippen LogP contribution >= 0.6 is 11.3 Å². The Labute approximate surface area is 124 Å². The van der Waals surface area contributed by atoms with E-state index in [2.05, 4.69) is 28.6 Å². The highest BCUT2D eigenvalue weighted by Crippen LogP contribution is 2.27. The largest absolute Gasteiger partial charge is 0.465 e. The minimum atomic E-state index is -0.287. The maximum Gasteiger partial charge on any atom is 0.350 e. The molecule has 0 unspecified atom stereocenters. The molecule has 6 heteroatoms. The molecule has 20 heavy (non-hydrogen) atoms. The number of rotatable bonds is 4. The molecule has 0 spiro atoms. The number of anilines is 1. The summed E-state index contributed by atoms with van der Waals surface area (Å²) < 4.78 is 4.78. The van der Waals surface area contributed by atoms with Gasteiger partial charge in [0, 0.05) is 32.7 Å². The normalized spacial score (nSPS) is 16.8. The van der Waals surface area contributed by atoms with Crippen molar-refractivity contribution in [3.05, 3.63) is 10.6 Å². The van der Waals surface area contributed by atoms with E-state index in [9.17, 15) is 4.79 Å². The topological polar surface area (TPSA) is 45.7 Å². The molecule has 2 rings (SSSR count). The van der Waals surface area contributed by atoms with Crippen molar-refractivity contribution >= 4 is 22.4 Å². The molecule has 1 aromatic rings. The first-order valence-corrected chi connectivity index (χ1v) is 7.86. The zero-order chi connectivity index (χ0) is 14.7. The molecular formula is C14H23N3O2S. The summed E-state index contributed by atoms with van der Waals surface area (Å²) in [6.07, 6.45) is 0. The van der Waals surface area contributed by atoms with Crippen LogP contribution in [0.4, 0.5) is 5.13 Å². The molecule has 0 atom stereocenters. The lowest BCUT2D eigenvalue weighted by Crippen LogP contribution is -2.47. The van der Waals surface area contributed by atoms with Crippen molar-refractivity contribution in [2.75, 3.05) is 44.7 Å². The molecule has 1 aliphatic rings. The van der Waals surface area contributed by atoms with Crippen LogP contribution in [0.3, 0.4) is 0 Å². The highest BCUT2D eigenvalue weighted by molar-refractivity contribution is 7.17. The summed E-state index contributed by atoms with van der Waals surface area (Å²) in [5.74, 6) is 0.416. The van der Waals surface area contributed by atoms with Crippen LogP contribution in [0.25, 0.3) is 0 Å². The first-order chi connectivity index (χ1) is 9.51. The summed E-state index contributed by atoms with van der Waals surface area (Å²) in [6, 6.07) is 0. The quantitative estimate of drug-likeness (QED) is 0.796. The molecule has 1 aromatic heterocycles. The van der Waals surface area contributed by atoms with Gasteiger partial charge in [0.05, 0.1) is 12.8 Å². The fourth-order valence-corrected chi connectivity index (χ4v) is 3.47. The molecule has 0 N–H and O–H groups in total. The van der Waals surface area contributed by atoms with E-state index in [1.807, 2.05) is 6.92 Å². The van der Waals surface area contributed by atoms with Crippen molar-refractivity contribution < 1.29 is 9.53 Å². The van der Waals surface area contributed by atoms with Gasteiger partial charge in [0.1, 0.15) is 4.88 Å². The maximum atomic E-state index is 11.6. The maximum absolute atomic E-state index is 11.6. The van der Waals surface area contributed by atoms with Crippen LogP contribution in [0.5, 0.6) is 0 Å². The van der Waals surface area contributed by atoms with Crippen molar-refractivity contribution in [3.8, 4) is 0 Å². The highest BCUT2D eigenvalue weighted by Gasteiger charge is 2.23. The van der Waals surface area contributed by atoms with Crippen LogP contribution in [0.15, 0.2) is 0 Å². The molecule has 112 valence electrons. The standard InChI is InChI=1S/C14H23N3O2S/c1-10(2)9-16-5-7-17(8-6-16)14-15-11(3)12(20-14)13(18)19-4/h10H,5-9H2,1-4H3. The number of hydrogen-bond acceptors (Lipinski definition) is 6. The minimum absolute atomic E-state index is 0.287. The lowest BCUT2D eigenvalue weighted by atomic mass is 10.2. The van der Waals surface area contributed by atoms with Crippen molar-refractivity contribution in [1.29, 1.82) is 0 Å². The summed E-state index contributed by atoms with van der Waals surface area (Å²) >= 11 is 1.44. The van der Waals surface area contributed by atoms with Gasteiger partial charge in [0.15, 0.2) is 5.13 Å². The minimum Gasteiger partial charge on any atom is -0.465 e. The Morgan fingerprint density at radius 2 is 2.00 bits per heavy atom. The van der Waals surface area contributed by atoms with Gasteiger partial charge in [-0.25, -0.2) is 9.78 Å². The van der Waals surface area contributed by atoms with Crippen LogP contribution in [-0.2, 0) is 4.74 Å². The van der Waals surface area contributed by atoms with Gasteiger partial charge in [0.25, 0.3) is 0 Å². The Balaban J connectivity index is 1.99. The SMILES string of the molecule is COC(=O)c1sc(N2CCN(CC(C)C)CC2)nc1C. The number of piperazine rings is 1. The molecule has 0 bridgehead atoms. The van der Waals surface area contributed by atoms with E-state index in [1.165, 1.54) is 18.4 Å². The number of carbonyl (C=O) groups excluding carboxylic acids is 1. The van der Waals surface area contributed by atoms with E-state index < -0.39 is 0 Å². The van der Waals surface area contributed by atoms with E-state index in [0.717, 1.165) is 43.5 Å². The highest BCUT2D eigenvalue weighted by atomic mass is 32.1. The third-order valence-electron chi connectivity index (χ3n) is 3.42. The lowest BCUT2D eigenvalue weighted by molar-refractivity contribution is 0.0605. The summed E-state index contributed by atoms with van der Waals surface area (Å²) in [6.45, 7) is 11.6. The number of esters is 1. The second-order valence-electron chi connectivity index (χ2n) is 5.58. The van der Waals surface area contributed by atoms with Crippen LogP contribution in [0, 0.1) is 12.8 Å². The fraction of sp³-hybridized carbons (Fsp3) is 0.714.